The third kappa shape index (κ3) is 3.62. The molecule has 1 saturated heterocycles. The first-order valence-electron chi connectivity index (χ1n) is 7.47. The van der Waals surface area contributed by atoms with E-state index in [1.54, 1.807) is 0 Å². The summed E-state index contributed by atoms with van der Waals surface area (Å²) in [5.74, 6) is -0.226. The van der Waals surface area contributed by atoms with Gasteiger partial charge in [-0.1, -0.05) is 24.3 Å². The van der Waals surface area contributed by atoms with Crippen molar-refractivity contribution in [2.24, 2.45) is 0 Å². The summed E-state index contributed by atoms with van der Waals surface area (Å²) in [6.45, 7) is 2.10. The maximum atomic E-state index is 12.2. The average Bonchev–Trinajstić information content (AvgIpc) is 2.71. The number of benzene rings is 1. The number of hydrogen-bond donors (Lipinski definition) is 2. The van der Waals surface area contributed by atoms with Crippen LogP contribution in [0, 0.1) is 0 Å². The monoisotopic (exact) mass is 343 g/mol. The summed E-state index contributed by atoms with van der Waals surface area (Å²) >= 11 is 6.02. The van der Waals surface area contributed by atoms with Gasteiger partial charge in [0.2, 0.25) is 0 Å². The van der Waals surface area contributed by atoms with Crippen molar-refractivity contribution >= 4 is 27.3 Å². The van der Waals surface area contributed by atoms with Crippen LogP contribution in [0.3, 0.4) is 0 Å². The molecule has 1 unspecified atom stereocenters. The summed E-state index contributed by atoms with van der Waals surface area (Å²) < 4.78 is 23.0. The number of alkyl halides is 1. The minimum absolute atomic E-state index is 0.0505. The van der Waals surface area contributed by atoms with Gasteiger partial charge in [0.25, 0.3) is 5.91 Å². The van der Waals surface area contributed by atoms with E-state index in [1.165, 1.54) is 16.0 Å². The maximum absolute atomic E-state index is 12.2. The summed E-state index contributed by atoms with van der Waals surface area (Å²) in [7, 11) is -3.12. The molecule has 1 aromatic carbocycles. The van der Waals surface area contributed by atoms with Gasteiger partial charge in [-0.15, -0.1) is 11.6 Å². The fourth-order valence-electron chi connectivity index (χ4n) is 3.22. The highest BCUT2D eigenvalue weighted by Crippen LogP contribution is 2.17. The van der Waals surface area contributed by atoms with E-state index in [1.807, 2.05) is 12.1 Å². The van der Waals surface area contributed by atoms with Crippen molar-refractivity contribution in [1.82, 2.24) is 5.32 Å². The number of amides is 1. The highest BCUT2D eigenvalue weighted by atomic mass is 35.5. The molecule has 0 aliphatic carbocycles. The molecule has 1 fully saturated rings. The number of carbonyl (C=O) groups is 1. The number of sulfone groups is 1. The molecule has 22 heavy (non-hydrogen) atoms. The minimum atomic E-state index is -3.12. The molecule has 3 atom stereocenters. The van der Waals surface area contributed by atoms with E-state index >= 15 is 0 Å². The quantitative estimate of drug-likeness (QED) is 0.702. The zero-order valence-corrected chi connectivity index (χ0v) is 13.8. The molecule has 120 valence electrons. The predicted molar refractivity (Wildman–Crippen MR) is 84.8 cm³/mol. The Hall–Kier alpha value is -1.11. The van der Waals surface area contributed by atoms with Crippen LogP contribution < -0.4 is 10.2 Å². The maximum Gasteiger partial charge on any atom is 0.275 e. The first-order valence-corrected chi connectivity index (χ1v) is 9.73. The number of nitrogens with one attached hydrogen (secondary N) is 2. The van der Waals surface area contributed by atoms with Gasteiger partial charge in [0.15, 0.2) is 16.4 Å². The van der Waals surface area contributed by atoms with E-state index in [2.05, 4.69) is 17.4 Å². The Morgan fingerprint density at radius 2 is 2.00 bits per heavy atom. The summed E-state index contributed by atoms with van der Waals surface area (Å²) in [5.41, 5.74) is 2.64. The van der Waals surface area contributed by atoms with Gasteiger partial charge in [0.1, 0.15) is 6.54 Å². The molecule has 0 bridgehead atoms. The number of rotatable bonds is 3. The molecule has 2 aliphatic heterocycles. The van der Waals surface area contributed by atoms with Crippen LogP contribution in [-0.2, 0) is 27.6 Å². The Balaban J connectivity index is 1.55. The normalized spacial score (nSPS) is 29.8. The zero-order chi connectivity index (χ0) is 15.7. The molecular formula is C15H20ClN2O3S+. The molecule has 7 heteroatoms. The molecular weight excluding hydrogens is 324 g/mol. The number of quaternary nitrogens is 1. The van der Waals surface area contributed by atoms with Crippen LogP contribution >= 0.6 is 11.6 Å². The van der Waals surface area contributed by atoms with Crippen LogP contribution in [0.25, 0.3) is 0 Å². The molecule has 0 saturated carbocycles. The highest BCUT2D eigenvalue weighted by Gasteiger charge is 2.37. The van der Waals surface area contributed by atoms with Crippen molar-refractivity contribution in [1.29, 1.82) is 0 Å². The first-order chi connectivity index (χ1) is 10.4. The van der Waals surface area contributed by atoms with E-state index in [-0.39, 0.29) is 17.4 Å². The Morgan fingerprint density at radius 1 is 1.27 bits per heavy atom. The molecule has 0 spiro atoms. The molecule has 2 N–H and O–H groups in total. The van der Waals surface area contributed by atoms with Crippen molar-refractivity contribution in [3.05, 3.63) is 35.4 Å². The second kappa shape index (κ2) is 6.18. The molecule has 1 amide bonds. The summed E-state index contributed by atoms with van der Waals surface area (Å²) in [6.07, 6.45) is 0.967. The Labute approximate surface area is 135 Å². The molecule has 5 nitrogen and oxygen atoms in total. The summed E-state index contributed by atoms with van der Waals surface area (Å²) in [5, 5.41) is 2.26. The van der Waals surface area contributed by atoms with Gasteiger partial charge < -0.3 is 10.2 Å². The Kier molecular flexibility index (Phi) is 4.43. The van der Waals surface area contributed by atoms with Crippen LogP contribution in [0.1, 0.15) is 11.1 Å². The van der Waals surface area contributed by atoms with E-state index in [0.29, 0.717) is 6.54 Å². The van der Waals surface area contributed by atoms with Crippen LogP contribution in [0.4, 0.5) is 0 Å². The van der Waals surface area contributed by atoms with E-state index < -0.39 is 21.3 Å². The molecule has 0 radical (unpaired) electrons. The topological polar surface area (TPSA) is 67.7 Å². The van der Waals surface area contributed by atoms with E-state index in [9.17, 15) is 13.2 Å². The van der Waals surface area contributed by atoms with Crippen molar-refractivity contribution < 1.29 is 18.1 Å². The third-order valence-electron chi connectivity index (χ3n) is 4.35. The predicted octanol–water partition coefficient (Wildman–Crippen LogP) is -0.852. The number of fused-ring (bicyclic) bond motifs is 1. The smallest absolute Gasteiger partial charge is 0.275 e. The van der Waals surface area contributed by atoms with E-state index in [0.717, 1.165) is 19.5 Å². The van der Waals surface area contributed by atoms with Gasteiger partial charge in [-0.2, -0.15) is 0 Å². The molecule has 0 aromatic heterocycles. The average molecular weight is 344 g/mol. The second-order valence-electron chi connectivity index (χ2n) is 6.14. The zero-order valence-electron chi connectivity index (χ0n) is 12.2. The highest BCUT2D eigenvalue weighted by molar-refractivity contribution is 7.91. The Bertz CT molecular complexity index is 677. The molecule has 1 aromatic rings. The molecule has 2 aliphatic rings. The lowest BCUT2D eigenvalue weighted by atomic mass is 10.00. The van der Waals surface area contributed by atoms with Crippen molar-refractivity contribution in [2.45, 2.75) is 24.4 Å². The summed E-state index contributed by atoms with van der Waals surface area (Å²) in [4.78, 5) is 13.3. The lowest BCUT2D eigenvalue weighted by molar-refractivity contribution is -0.908. The second-order valence-corrected chi connectivity index (χ2v) is 8.85. The summed E-state index contributed by atoms with van der Waals surface area (Å²) in [6, 6.07) is 7.83. The Morgan fingerprint density at radius 3 is 2.68 bits per heavy atom. The molecule has 2 heterocycles. The number of carbonyl (C=O) groups excluding carboxylic acids is 1. The van der Waals surface area contributed by atoms with Gasteiger partial charge >= 0.3 is 0 Å². The fourth-order valence-corrected chi connectivity index (χ4v) is 5.77. The number of halogens is 1. The lowest BCUT2D eigenvalue weighted by Crippen LogP contribution is -3.13. The minimum Gasteiger partial charge on any atom is -0.346 e. The lowest BCUT2D eigenvalue weighted by Gasteiger charge is -2.26. The van der Waals surface area contributed by atoms with Gasteiger partial charge in [-0.05, 0) is 5.56 Å². The van der Waals surface area contributed by atoms with Crippen LogP contribution in [0.15, 0.2) is 24.3 Å². The van der Waals surface area contributed by atoms with Crippen molar-refractivity contribution in [3.8, 4) is 0 Å². The standard InChI is InChI=1S/C15H19ClN2O3S/c16-13-9-22(20,21)10-14(13)17-15(19)8-18-6-5-11-3-1-2-4-12(11)7-18/h1-4,13-14H,5-10H2,(H,17,19)/p+1/t13-,14+/m0/s1. The van der Waals surface area contributed by atoms with Gasteiger partial charge in [0.05, 0.1) is 29.5 Å². The SMILES string of the molecule is O=C(C[NH+]1CCc2ccccc2C1)N[C@@H]1CS(=O)(=O)C[C@@H]1Cl. The van der Waals surface area contributed by atoms with Crippen LogP contribution in [0.5, 0.6) is 0 Å². The van der Waals surface area contributed by atoms with E-state index in [4.69, 9.17) is 11.6 Å². The van der Waals surface area contributed by atoms with Crippen LogP contribution in [-0.4, -0.2) is 50.3 Å². The first kappa shape index (κ1) is 15.8. The van der Waals surface area contributed by atoms with Crippen LogP contribution in [0.2, 0.25) is 0 Å². The van der Waals surface area contributed by atoms with Gasteiger partial charge in [-0.3, -0.25) is 4.79 Å². The number of hydrogen-bond acceptors (Lipinski definition) is 3. The van der Waals surface area contributed by atoms with Crippen molar-refractivity contribution in [3.63, 3.8) is 0 Å². The third-order valence-corrected chi connectivity index (χ3v) is 6.72. The fraction of sp³-hybridized carbons (Fsp3) is 0.533. The van der Waals surface area contributed by atoms with Crippen molar-refractivity contribution in [2.75, 3.05) is 24.6 Å². The largest absolute Gasteiger partial charge is 0.346 e. The molecule has 3 rings (SSSR count). The van der Waals surface area contributed by atoms with Gasteiger partial charge in [0, 0.05) is 12.0 Å². The van der Waals surface area contributed by atoms with Gasteiger partial charge in [-0.25, -0.2) is 8.42 Å².